The van der Waals surface area contributed by atoms with Gasteiger partial charge in [0.1, 0.15) is 5.41 Å². The molecule has 1 aromatic rings. The molecule has 1 aliphatic heterocycles. The van der Waals surface area contributed by atoms with Gasteiger partial charge in [0, 0.05) is 0 Å². The quantitative estimate of drug-likeness (QED) is 0.586. The molecule has 4 heteroatoms. The fourth-order valence-electron chi connectivity index (χ4n) is 2.74. The highest BCUT2D eigenvalue weighted by molar-refractivity contribution is 6.07. The van der Waals surface area contributed by atoms with E-state index in [-0.39, 0.29) is 18.4 Å². The van der Waals surface area contributed by atoms with Gasteiger partial charge in [0.2, 0.25) is 0 Å². The van der Waals surface area contributed by atoms with Crippen LogP contribution < -0.4 is 0 Å². The topological polar surface area (TPSA) is 46.6 Å². The summed E-state index contributed by atoms with van der Waals surface area (Å²) in [5.74, 6) is -0.559. The first kappa shape index (κ1) is 12.8. The first-order valence-corrected chi connectivity index (χ1v) is 5.88. The number of likely N-dealkylation sites (N-methyl/N-ethyl adjacent to an activating group) is 1. The molecule has 0 aliphatic carbocycles. The maximum absolute atomic E-state index is 12.1. The van der Waals surface area contributed by atoms with Crippen LogP contribution in [0.1, 0.15) is 18.5 Å². The molecule has 2 atom stereocenters. The third-order valence-corrected chi connectivity index (χ3v) is 3.68. The lowest BCUT2D eigenvalue weighted by Gasteiger charge is -2.30. The number of benzene rings is 1. The van der Waals surface area contributed by atoms with Gasteiger partial charge in [-0.3, -0.25) is 14.5 Å². The molecule has 1 heterocycles. The highest BCUT2D eigenvalue weighted by atomic mass is 16.5. The fraction of sp³-hybridized carbons (Fsp3) is 0.429. The minimum atomic E-state index is -1.12. The van der Waals surface area contributed by atoms with E-state index in [1.54, 1.807) is 6.92 Å². The molecule has 1 aliphatic rings. The van der Waals surface area contributed by atoms with Crippen LogP contribution in [0.5, 0.6) is 0 Å². The lowest BCUT2D eigenvalue weighted by molar-refractivity contribution is -0.156. The summed E-state index contributed by atoms with van der Waals surface area (Å²) in [6, 6.07) is 9.32. The monoisotopic (exact) mass is 247 g/mol. The largest absolute Gasteiger partial charge is 0.468 e. The number of esters is 1. The van der Waals surface area contributed by atoms with Crippen LogP contribution in [0.4, 0.5) is 0 Å². The lowest BCUT2D eigenvalue weighted by atomic mass is 9.78. The van der Waals surface area contributed by atoms with Crippen molar-refractivity contribution in [2.75, 3.05) is 20.7 Å². The first-order valence-electron chi connectivity index (χ1n) is 5.88. The highest BCUT2D eigenvalue weighted by Gasteiger charge is 2.56. The van der Waals surface area contributed by atoms with Crippen LogP contribution in [0.3, 0.4) is 0 Å². The van der Waals surface area contributed by atoms with Gasteiger partial charge in [0.25, 0.3) is 0 Å². The number of carbonyl (C=O) groups excluding carboxylic acids is 2. The van der Waals surface area contributed by atoms with Crippen molar-refractivity contribution >= 4 is 11.8 Å². The van der Waals surface area contributed by atoms with Gasteiger partial charge in [-0.2, -0.15) is 0 Å². The molecule has 2 rings (SSSR count). The lowest BCUT2D eigenvalue weighted by Crippen LogP contribution is -2.39. The molecule has 0 radical (unpaired) electrons. The Bertz CT molecular complexity index is 461. The van der Waals surface area contributed by atoms with Gasteiger partial charge in [-0.25, -0.2) is 0 Å². The second-order valence-corrected chi connectivity index (χ2v) is 4.85. The Balaban J connectivity index is 2.49. The molecule has 1 saturated heterocycles. The molecular weight excluding hydrogens is 230 g/mol. The van der Waals surface area contributed by atoms with E-state index in [2.05, 4.69) is 0 Å². The van der Waals surface area contributed by atoms with Crippen molar-refractivity contribution in [3.8, 4) is 0 Å². The standard InChI is InChI=1S/C14H17NO3/c1-14(13(17)18-3)11(16)9-15(2)12(14)10-7-5-4-6-8-10/h4-8,12H,9H2,1-3H3. The number of nitrogens with zero attached hydrogens (tertiary/aromatic N) is 1. The Labute approximate surface area is 107 Å². The van der Waals surface area contributed by atoms with Gasteiger partial charge < -0.3 is 4.74 Å². The number of Topliss-reactive ketones (excluding diaryl/α,β-unsaturated/α-hetero) is 1. The van der Waals surface area contributed by atoms with Crippen LogP contribution in [0.2, 0.25) is 0 Å². The molecule has 1 fully saturated rings. The SMILES string of the molecule is COC(=O)C1(C)C(=O)CN(C)C1c1ccccc1. The molecule has 2 unspecified atom stereocenters. The van der Waals surface area contributed by atoms with Crippen LogP contribution in [0, 0.1) is 5.41 Å². The number of ether oxygens (including phenoxy) is 1. The summed E-state index contributed by atoms with van der Waals surface area (Å²) in [4.78, 5) is 26.1. The maximum Gasteiger partial charge on any atom is 0.321 e. The number of methoxy groups -OCH3 is 1. The molecule has 0 spiro atoms. The van der Waals surface area contributed by atoms with E-state index in [4.69, 9.17) is 4.74 Å². The van der Waals surface area contributed by atoms with E-state index in [0.29, 0.717) is 0 Å². The Hall–Kier alpha value is -1.68. The Morgan fingerprint density at radius 2 is 2.00 bits per heavy atom. The molecule has 0 amide bonds. The molecule has 1 aromatic carbocycles. The number of likely N-dealkylation sites (tertiary alicyclic amines) is 1. The van der Waals surface area contributed by atoms with Crippen molar-refractivity contribution in [1.29, 1.82) is 0 Å². The molecule has 4 nitrogen and oxygen atoms in total. The van der Waals surface area contributed by atoms with Crippen LogP contribution in [0.25, 0.3) is 0 Å². The van der Waals surface area contributed by atoms with Crippen LogP contribution in [-0.4, -0.2) is 37.4 Å². The third kappa shape index (κ3) is 1.73. The zero-order valence-electron chi connectivity index (χ0n) is 10.8. The molecule has 0 saturated carbocycles. The van der Waals surface area contributed by atoms with Crippen molar-refractivity contribution in [3.63, 3.8) is 0 Å². The van der Waals surface area contributed by atoms with E-state index < -0.39 is 11.4 Å². The second-order valence-electron chi connectivity index (χ2n) is 4.85. The van der Waals surface area contributed by atoms with Gasteiger partial charge >= 0.3 is 5.97 Å². The maximum atomic E-state index is 12.1. The van der Waals surface area contributed by atoms with Gasteiger partial charge in [-0.1, -0.05) is 30.3 Å². The Morgan fingerprint density at radius 3 is 2.56 bits per heavy atom. The zero-order valence-corrected chi connectivity index (χ0v) is 10.8. The normalized spacial score (nSPS) is 28.4. The molecule has 18 heavy (non-hydrogen) atoms. The zero-order chi connectivity index (χ0) is 13.3. The van der Waals surface area contributed by atoms with Crippen LogP contribution in [-0.2, 0) is 14.3 Å². The van der Waals surface area contributed by atoms with Crippen LogP contribution >= 0.6 is 0 Å². The predicted molar refractivity (Wildman–Crippen MR) is 66.9 cm³/mol. The van der Waals surface area contributed by atoms with E-state index in [1.165, 1.54) is 7.11 Å². The summed E-state index contributed by atoms with van der Waals surface area (Å²) < 4.78 is 4.82. The average molecular weight is 247 g/mol. The van der Waals surface area contributed by atoms with Gasteiger partial charge in [0.05, 0.1) is 19.7 Å². The van der Waals surface area contributed by atoms with Crippen molar-refractivity contribution < 1.29 is 14.3 Å². The van der Waals surface area contributed by atoms with Crippen molar-refractivity contribution in [3.05, 3.63) is 35.9 Å². The van der Waals surface area contributed by atoms with Gasteiger partial charge in [0.15, 0.2) is 5.78 Å². The number of ketones is 1. The van der Waals surface area contributed by atoms with E-state index >= 15 is 0 Å². The van der Waals surface area contributed by atoms with Gasteiger partial charge in [-0.05, 0) is 19.5 Å². The molecular formula is C14H17NO3. The minimum Gasteiger partial charge on any atom is -0.468 e. The van der Waals surface area contributed by atoms with E-state index in [1.807, 2.05) is 42.3 Å². The average Bonchev–Trinajstić information content (AvgIpc) is 2.61. The number of carbonyl (C=O) groups is 2. The van der Waals surface area contributed by atoms with Crippen molar-refractivity contribution in [2.45, 2.75) is 13.0 Å². The first-order chi connectivity index (χ1) is 8.51. The van der Waals surface area contributed by atoms with E-state index in [0.717, 1.165) is 5.56 Å². The summed E-state index contributed by atoms with van der Waals surface area (Å²) in [5.41, 5.74) is -0.163. The van der Waals surface area contributed by atoms with E-state index in [9.17, 15) is 9.59 Å². The Morgan fingerprint density at radius 1 is 1.39 bits per heavy atom. The summed E-state index contributed by atoms with van der Waals surface area (Å²) >= 11 is 0. The number of hydrogen-bond acceptors (Lipinski definition) is 4. The number of hydrogen-bond donors (Lipinski definition) is 0. The third-order valence-electron chi connectivity index (χ3n) is 3.68. The molecule has 0 aromatic heterocycles. The molecule has 0 bridgehead atoms. The highest BCUT2D eigenvalue weighted by Crippen LogP contribution is 2.44. The van der Waals surface area contributed by atoms with Crippen molar-refractivity contribution in [1.82, 2.24) is 4.90 Å². The smallest absolute Gasteiger partial charge is 0.321 e. The van der Waals surface area contributed by atoms with Crippen LogP contribution in [0.15, 0.2) is 30.3 Å². The fourth-order valence-corrected chi connectivity index (χ4v) is 2.74. The summed E-state index contributed by atoms with van der Waals surface area (Å²) in [5, 5.41) is 0. The minimum absolute atomic E-state index is 0.0919. The van der Waals surface area contributed by atoms with Gasteiger partial charge in [-0.15, -0.1) is 0 Å². The Kier molecular flexibility index (Phi) is 3.22. The summed E-state index contributed by atoms with van der Waals surface area (Å²) in [7, 11) is 3.17. The summed E-state index contributed by atoms with van der Waals surface area (Å²) in [6.45, 7) is 1.94. The molecule has 96 valence electrons. The second kappa shape index (κ2) is 4.53. The van der Waals surface area contributed by atoms with Crippen molar-refractivity contribution in [2.24, 2.45) is 5.41 Å². The predicted octanol–water partition coefficient (Wildman–Crippen LogP) is 1.42. The number of rotatable bonds is 2. The molecule has 0 N–H and O–H groups in total. The summed E-state index contributed by atoms with van der Waals surface area (Å²) in [6.07, 6.45) is 0.